The molecule has 2 heterocycles. The van der Waals surface area contributed by atoms with Crippen molar-refractivity contribution in [1.82, 2.24) is 9.55 Å². The molecule has 1 aromatic heterocycles. The van der Waals surface area contributed by atoms with Crippen molar-refractivity contribution >= 4 is 30.0 Å². The van der Waals surface area contributed by atoms with Gasteiger partial charge in [-0.2, -0.15) is 0 Å². The van der Waals surface area contributed by atoms with E-state index < -0.39 is 7.12 Å². The van der Waals surface area contributed by atoms with Crippen LogP contribution in [0, 0.1) is 0 Å². The molecule has 1 fully saturated rings. The summed E-state index contributed by atoms with van der Waals surface area (Å²) in [6.07, 6.45) is 0.250. The van der Waals surface area contributed by atoms with Gasteiger partial charge in [-0.1, -0.05) is 18.2 Å². The van der Waals surface area contributed by atoms with Crippen LogP contribution in [-0.4, -0.2) is 41.4 Å². The maximum absolute atomic E-state index is 8.58. The molecule has 0 bridgehead atoms. The Kier molecular flexibility index (Phi) is 5.92. The Labute approximate surface area is 177 Å². The summed E-state index contributed by atoms with van der Waals surface area (Å²) in [4.78, 5) is 13.4. The van der Waals surface area contributed by atoms with Gasteiger partial charge in [-0.25, -0.2) is 4.98 Å². The molecule has 0 radical (unpaired) electrons. The Morgan fingerprint density at radius 1 is 1.10 bits per heavy atom. The van der Waals surface area contributed by atoms with Crippen LogP contribution in [0.2, 0.25) is 0 Å². The summed E-state index contributed by atoms with van der Waals surface area (Å²) in [6, 6.07) is 14.1. The zero-order chi connectivity index (χ0) is 22.1. The van der Waals surface area contributed by atoms with E-state index in [-0.39, 0.29) is 17.6 Å². The monoisotopic (exact) mass is 409 g/mol. The summed E-state index contributed by atoms with van der Waals surface area (Å²) in [5, 5.41) is 0. The SMILES string of the molecule is COc1ccc(B2OC(C)(C)C(C)(C)O2)cc1-c1nc2ccccc2n1C.NC=O. The molecule has 2 aromatic carbocycles. The lowest BCUT2D eigenvalue weighted by Gasteiger charge is -2.32. The summed E-state index contributed by atoms with van der Waals surface area (Å²) in [5.74, 6) is 1.63. The van der Waals surface area contributed by atoms with Gasteiger partial charge in [0.25, 0.3) is 0 Å². The number of ether oxygens (including phenoxy) is 1. The predicted molar refractivity (Wildman–Crippen MR) is 119 cm³/mol. The van der Waals surface area contributed by atoms with Crippen LogP contribution >= 0.6 is 0 Å². The van der Waals surface area contributed by atoms with Crippen LogP contribution in [0.3, 0.4) is 0 Å². The second-order valence-corrected chi connectivity index (χ2v) is 8.17. The molecule has 2 N–H and O–H groups in total. The first-order chi connectivity index (χ1) is 14.1. The fraction of sp³-hybridized carbons (Fsp3) is 0.364. The van der Waals surface area contributed by atoms with Gasteiger partial charge >= 0.3 is 7.12 Å². The number of methoxy groups -OCH3 is 1. The number of imidazole rings is 1. The fourth-order valence-corrected chi connectivity index (χ4v) is 3.41. The van der Waals surface area contributed by atoms with Gasteiger partial charge in [0, 0.05) is 7.05 Å². The van der Waals surface area contributed by atoms with Gasteiger partial charge < -0.3 is 24.3 Å². The summed E-state index contributed by atoms with van der Waals surface area (Å²) in [6.45, 7) is 8.23. The van der Waals surface area contributed by atoms with E-state index in [0.29, 0.717) is 0 Å². The first kappa shape index (κ1) is 21.9. The molecule has 8 heteroatoms. The number of rotatable bonds is 3. The molecule has 1 amide bonds. The topological polar surface area (TPSA) is 88.6 Å². The Morgan fingerprint density at radius 2 is 1.70 bits per heavy atom. The first-order valence-electron chi connectivity index (χ1n) is 9.76. The van der Waals surface area contributed by atoms with E-state index >= 15 is 0 Å². The highest BCUT2D eigenvalue weighted by Gasteiger charge is 2.51. The molecule has 4 rings (SSSR count). The van der Waals surface area contributed by atoms with Gasteiger partial charge in [0.15, 0.2) is 0 Å². The predicted octanol–water partition coefficient (Wildman–Crippen LogP) is 2.65. The number of nitrogens with zero attached hydrogens (tertiary/aromatic N) is 2. The molecular weight excluding hydrogens is 381 g/mol. The minimum Gasteiger partial charge on any atom is -0.496 e. The lowest BCUT2D eigenvalue weighted by molar-refractivity contribution is -0.106. The summed E-state index contributed by atoms with van der Waals surface area (Å²) in [7, 11) is 3.27. The molecule has 30 heavy (non-hydrogen) atoms. The van der Waals surface area contributed by atoms with Crippen molar-refractivity contribution in [2.45, 2.75) is 38.9 Å². The van der Waals surface area contributed by atoms with Crippen molar-refractivity contribution < 1.29 is 18.8 Å². The third-order valence-electron chi connectivity index (χ3n) is 5.78. The quantitative estimate of drug-likeness (QED) is 0.531. The molecule has 7 nitrogen and oxygen atoms in total. The minimum absolute atomic E-state index is 0.250. The third kappa shape index (κ3) is 3.80. The molecule has 0 atom stereocenters. The average Bonchev–Trinajstić information content (AvgIpc) is 3.14. The van der Waals surface area contributed by atoms with E-state index in [1.54, 1.807) is 7.11 Å². The van der Waals surface area contributed by atoms with E-state index in [1.165, 1.54) is 0 Å². The van der Waals surface area contributed by atoms with Gasteiger partial charge in [-0.15, -0.1) is 0 Å². The van der Waals surface area contributed by atoms with Crippen LogP contribution in [0.25, 0.3) is 22.4 Å². The zero-order valence-corrected chi connectivity index (χ0v) is 18.3. The Bertz CT molecular complexity index is 1050. The number of benzene rings is 2. The van der Waals surface area contributed by atoms with Crippen LogP contribution in [0.4, 0.5) is 0 Å². The first-order valence-corrected chi connectivity index (χ1v) is 9.76. The Hall–Kier alpha value is -2.84. The van der Waals surface area contributed by atoms with E-state index in [4.69, 9.17) is 23.8 Å². The molecular formula is C22H28BN3O4. The van der Waals surface area contributed by atoms with Gasteiger partial charge in [-0.3, -0.25) is 4.79 Å². The second-order valence-electron chi connectivity index (χ2n) is 8.17. The number of para-hydroxylation sites is 2. The van der Waals surface area contributed by atoms with Crippen molar-refractivity contribution in [3.63, 3.8) is 0 Å². The van der Waals surface area contributed by atoms with Crippen molar-refractivity contribution in [3.05, 3.63) is 42.5 Å². The minimum atomic E-state index is -0.422. The maximum Gasteiger partial charge on any atom is 0.494 e. The van der Waals surface area contributed by atoms with E-state index in [9.17, 15) is 0 Å². The zero-order valence-electron chi connectivity index (χ0n) is 18.3. The largest absolute Gasteiger partial charge is 0.496 e. The fourth-order valence-electron chi connectivity index (χ4n) is 3.41. The van der Waals surface area contributed by atoms with Crippen molar-refractivity contribution in [3.8, 4) is 17.1 Å². The number of carbonyl (C=O) groups excluding carboxylic acids is 1. The highest BCUT2D eigenvalue weighted by Crippen LogP contribution is 2.37. The molecule has 3 aromatic rings. The van der Waals surface area contributed by atoms with Crippen molar-refractivity contribution in [2.75, 3.05) is 7.11 Å². The molecule has 0 saturated carbocycles. The number of aryl methyl sites for hydroxylation is 1. The number of primary amides is 1. The number of carbonyl (C=O) groups is 1. The number of nitrogens with two attached hydrogens (primary N) is 1. The van der Waals surface area contributed by atoms with Gasteiger partial charge in [-0.05, 0) is 57.4 Å². The standard InChI is InChI=1S/C21H25BN2O3.CH3NO/c1-20(2)21(3,4)27-22(26-20)14-11-12-18(25-6)15(13-14)19-23-16-9-7-8-10-17(16)24(19)5;2-1-3/h7-13H,1-6H3;1H,(H2,2,3). The lowest BCUT2D eigenvalue weighted by Crippen LogP contribution is -2.41. The number of hydrogen-bond donors (Lipinski definition) is 1. The number of amides is 1. The molecule has 0 aliphatic carbocycles. The normalized spacial score (nSPS) is 16.8. The van der Waals surface area contributed by atoms with Gasteiger partial charge in [0.1, 0.15) is 11.6 Å². The third-order valence-corrected chi connectivity index (χ3v) is 5.78. The molecule has 1 saturated heterocycles. The van der Waals surface area contributed by atoms with Gasteiger partial charge in [0.05, 0.1) is 34.9 Å². The van der Waals surface area contributed by atoms with Crippen LogP contribution < -0.4 is 15.9 Å². The smallest absolute Gasteiger partial charge is 0.494 e. The van der Waals surface area contributed by atoms with Crippen LogP contribution in [0.1, 0.15) is 27.7 Å². The number of fused-ring (bicyclic) bond motifs is 1. The molecule has 0 unspecified atom stereocenters. The van der Waals surface area contributed by atoms with Crippen LogP contribution in [0.15, 0.2) is 42.5 Å². The maximum atomic E-state index is 8.58. The van der Waals surface area contributed by atoms with Crippen molar-refractivity contribution in [2.24, 2.45) is 12.8 Å². The lowest BCUT2D eigenvalue weighted by atomic mass is 9.78. The van der Waals surface area contributed by atoms with Crippen molar-refractivity contribution in [1.29, 1.82) is 0 Å². The van der Waals surface area contributed by atoms with E-state index in [1.807, 2.05) is 37.4 Å². The number of hydrogen-bond acceptors (Lipinski definition) is 5. The van der Waals surface area contributed by atoms with Crippen LogP contribution in [0.5, 0.6) is 5.75 Å². The van der Waals surface area contributed by atoms with E-state index in [2.05, 4.69) is 50.1 Å². The summed E-state index contributed by atoms with van der Waals surface area (Å²) < 4.78 is 20.1. The molecule has 0 spiro atoms. The van der Waals surface area contributed by atoms with E-state index in [0.717, 1.165) is 33.6 Å². The summed E-state index contributed by atoms with van der Waals surface area (Å²) in [5.41, 5.74) is 7.32. The number of aromatic nitrogens is 2. The highest BCUT2D eigenvalue weighted by atomic mass is 16.7. The summed E-state index contributed by atoms with van der Waals surface area (Å²) >= 11 is 0. The Morgan fingerprint density at radius 3 is 2.27 bits per heavy atom. The molecule has 1 aliphatic heterocycles. The average molecular weight is 409 g/mol. The Balaban J connectivity index is 0.000000806. The highest BCUT2D eigenvalue weighted by molar-refractivity contribution is 6.62. The molecule has 1 aliphatic rings. The van der Waals surface area contributed by atoms with Crippen LogP contribution in [-0.2, 0) is 21.2 Å². The second kappa shape index (κ2) is 8.12. The molecule has 158 valence electrons. The van der Waals surface area contributed by atoms with Gasteiger partial charge in [0.2, 0.25) is 6.41 Å².